The molecule has 124 valence electrons. The Labute approximate surface area is 133 Å². The molecule has 2 amide bonds. The monoisotopic (exact) mass is 320 g/mol. The summed E-state index contributed by atoms with van der Waals surface area (Å²) in [5.74, 6) is -0.0231. The summed E-state index contributed by atoms with van der Waals surface area (Å²) >= 11 is 0. The van der Waals surface area contributed by atoms with Gasteiger partial charge in [0.15, 0.2) is 5.76 Å². The number of hydrogen-bond acceptors (Lipinski definition) is 6. The summed E-state index contributed by atoms with van der Waals surface area (Å²) in [6, 6.07) is 3.05. The van der Waals surface area contributed by atoms with Crippen molar-refractivity contribution in [3.8, 4) is 0 Å². The van der Waals surface area contributed by atoms with Crippen LogP contribution in [0.2, 0.25) is 0 Å². The molecule has 0 aromatic carbocycles. The van der Waals surface area contributed by atoms with Crippen molar-refractivity contribution in [1.82, 2.24) is 21.3 Å². The van der Waals surface area contributed by atoms with Gasteiger partial charge in [0.05, 0.1) is 18.5 Å². The van der Waals surface area contributed by atoms with Gasteiger partial charge < -0.3 is 14.3 Å². The smallest absolute Gasteiger partial charge is 0.305 e. The number of aromatic nitrogens is 1. The molecule has 3 N–H and O–H groups in total. The lowest BCUT2D eigenvalue weighted by atomic mass is 10.0. The van der Waals surface area contributed by atoms with E-state index in [4.69, 9.17) is 8.94 Å². The first-order chi connectivity index (χ1) is 11.0. The topological polar surface area (TPSA) is 109 Å². The van der Waals surface area contributed by atoms with E-state index in [-0.39, 0.29) is 24.3 Å². The molecule has 0 radical (unpaired) electrons. The molecule has 8 heteroatoms. The molecule has 0 saturated carbocycles. The van der Waals surface area contributed by atoms with Gasteiger partial charge in [-0.3, -0.25) is 20.4 Å². The van der Waals surface area contributed by atoms with E-state index in [1.807, 2.05) is 20.8 Å². The summed E-state index contributed by atoms with van der Waals surface area (Å²) in [6.07, 6.45) is 2.16. The average molecular weight is 320 g/mol. The summed E-state index contributed by atoms with van der Waals surface area (Å²) in [7, 11) is 0. The maximum absolute atomic E-state index is 11.8. The van der Waals surface area contributed by atoms with Crippen molar-refractivity contribution in [2.75, 3.05) is 6.54 Å². The van der Waals surface area contributed by atoms with Gasteiger partial charge in [-0.25, -0.2) is 0 Å². The van der Waals surface area contributed by atoms with Crippen molar-refractivity contribution < 1.29 is 18.5 Å². The summed E-state index contributed by atoms with van der Waals surface area (Å²) < 4.78 is 10.1. The molecule has 0 aliphatic carbocycles. The molecule has 2 rings (SSSR count). The van der Waals surface area contributed by atoms with Gasteiger partial charge in [-0.05, 0) is 32.4 Å². The Morgan fingerprint density at radius 2 is 2.09 bits per heavy atom. The van der Waals surface area contributed by atoms with Gasteiger partial charge in [-0.2, -0.15) is 0 Å². The molecule has 2 aromatic rings. The van der Waals surface area contributed by atoms with Crippen LogP contribution in [0, 0.1) is 13.8 Å². The van der Waals surface area contributed by atoms with Crippen LogP contribution >= 0.6 is 0 Å². The molecule has 0 spiro atoms. The number of amides is 2. The number of furan rings is 1. The van der Waals surface area contributed by atoms with E-state index in [0.717, 1.165) is 23.4 Å². The summed E-state index contributed by atoms with van der Waals surface area (Å²) in [5, 5.41) is 7.04. The van der Waals surface area contributed by atoms with E-state index in [9.17, 15) is 9.59 Å². The van der Waals surface area contributed by atoms with Crippen LogP contribution in [0.3, 0.4) is 0 Å². The minimum Gasteiger partial charge on any atom is -0.459 e. The molecule has 23 heavy (non-hydrogen) atoms. The first-order valence-electron chi connectivity index (χ1n) is 7.31. The predicted octanol–water partition coefficient (Wildman–Crippen LogP) is 1.39. The second kappa shape index (κ2) is 7.59. The zero-order chi connectivity index (χ0) is 16.8. The first-order valence-corrected chi connectivity index (χ1v) is 7.31. The molecule has 2 heterocycles. The second-order valence-corrected chi connectivity index (χ2v) is 5.06. The number of nitrogens with one attached hydrogen (secondary N) is 3. The lowest BCUT2D eigenvalue weighted by molar-refractivity contribution is -0.121. The van der Waals surface area contributed by atoms with Crippen LogP contribution in [-0.2, 0) is 4.79 Å². The number of carbonyl (C=O) groups excluding carboxylic acids is 2. The molecule has 0 saturated heterocycles. The Kier molecular flexibility index (Phi) is 5.53. The standard InChI is InChI=1S/C15H20N4O4/c1-4-11(14-9(2)19-23-10(14)3)16-8-13(20)17-18-15(21)12-6-5-7-22-12/h5-7,11,16H,4,8H2,1-3H3,(H,17,20)(H,18,21)/t11-/m1/s1. The van der Waals surface area contributed by atoms with Crippen LogP contribution < -0.4 is 16.2 Å². The molecule has 0 bridgehead atoms. The lowest BCUT2D eigenvalue weighted by Crippen LogP contribution is -2.45. The Morgan fingerprint density at radius 1 is 1.30 bits per heavy atom. The predicted molar refractivity (Wildman–Crippen MR) is 81.3 cm³/mol. The van der Waals surface area contributed by atoms with Crippen molar-refractivity contribution in [3.05, 3.63) is 41.2 Å². The highest BCUT2D eigenvalue weighted by Gasteiger charge is 2.19. The minimum atomic E-state index is -0.513. The molecule has 0 aliphatic heterocycles. The number of rotatable bonds is 6. The maximum atomic E-state index is 11.8. The van der Waals surface area contributed by atoms with Gasteiger partial charge in [0, 0.05) is 11.6 Å². The highest BCUT2D eigenvalue weighted by atomic mass is 16.5. The fourth-order valence-electron chi connectivity index (χ4n) is 2.29. The molecule has 1 atom stereocenters. The molecule has 8 nitrogen and oxygen atoms in total. The maximum Gasteiger partial charge on any atom is 0.305 e. The molecular weight excluding hydrogens is 300 g/mol. The Balaban J connectivity index is 1.82. The van der Waals surface area contributed by atoms with Gasteiger partial charge in [0.25, 0.3) is 5.91 Å². The van der Waals surface area contributed by atoms with Crippen molar-refractivity contribution in [2.45, 2.75) is 33.2 Å². The number of aryl methyl sites for hydroxylation is 2. The average Bonchev–Trinajstić information content (AvgIpc) is 3.18. The van der Waals surface area contributed by atoms with Crippen LogP contribution in [0.4, 0.5) is 0 Å². The van der Waals surface area contributed by atoms with Gasteiger partial charge in [-0.15, -0.1) is 0 Å². The molecule has 0 unspecified atom stereocenters. The Bertz CT molecular complexity index is 644. The van der Waals surface area contributed by atoms with Gasteiger partial charge in [0.2, 0.25) is 0 Å². The molecule has 0 fully saturated rings. The van der Waals surface area contributed by atoms with Crippen LogP contribution in [0.25, 0.3) is 0 Å². The third-order valence-electron chi connectivity index (χ3n) is 3.41. The van der Waals surface area contributed by atoms with Crippen molar-refractivity contribution in [1.29, 1.82) is 0 Å². The van der Waals surface area contributed by atoms with E-state index in [1.165, 1.54) is 12.3 Å². The third-order valence-corrected chi connectivity index (χ3v) is 3.41. The highest BCUT2D eigenvalue weighted by Crippen LogP contribution is 2.23. The summed E-state index contributed by atoms with van der Waals surface area (Å²) in [6.45, 7) is 5.74. The van der Waals surface area contributed by atoms with Gasteiger partial charge in [0.1, 0.15) is 5.76 Å². The minimum absolute atomic E-state index is 0.0427. The number of hydrogen-bond donors (Lipinski definition) is 3. The number of carbonyl (C=O) groups is 2. The van der Waals surface area contributed by atoms with Crippen LogP contribution in [0.5, 0.6) is 0 Å². The Hall–Kier alpha value is -2.61. The highest BCUT2D eigenvalue weighted by molar-refractivity contribution is 5.93. The van der Waals surface area contributed by atoms with Crippen LogP contribution in [0.1, 0.15) is 47.0 Å². The van der Waals surface area contributed by atoms with Crippen molar-refractivity contribution in [3.63, 3.8) is 0 Å². The van der Waals surface area contributed by atoms with E-state index < -0.39 is 5.91 Å². The molecule has 2 aromatic heterocycles. The van der Waals surface area contributed by atoms with E-state index >= 15 is 0 Å². The largest absolute Gasteiger partial charge is 0.459 e. The lowest BCUT2D eigenvalue weighted by Gasteiger charge is -2.16. The quantitative estimate of drug-likeness (QED) is 0.694. The zero-order valence-electron chi connectivity index (χ0n) is 13.3. The second-order valence-electron chi connectivity index (χ2n) is 5.06. The SMILES string of the molecule is CC[C@@H](NCC(=O)NNC(=O)c1ccco1)c1c(C)noc1C. The summed E-state index contributed by atoms with van der Waals surface area (Å²) in [5.41, 5.74) is 6.36. The normalized spacial score (nSPS) is 12.0. The third kappa shape index (κ3) is 4.19. The van der Waals surface area contributed by atoms with Gasteiger partial charge >= 0.3 is 5.91 Å². The Morgan fingerprint density at radius 3 is 2.65 bits per heavy atom. The fourth-order valence-corrected chi connectivity index (χ4v) is 2.29. The van der Waals surface area contributed by atoms with E-state index in [2.05, 4.69) is 21.3 Å². The van der Waals surface area contributed by atoms with Crippen molar-refractivity contribution in [2.24, 2.45) is 0 Å². The van der Waals surface area contributed by atoms with Gasteiger partial charge in [-0.1, -0.05) is 12.1 Å². The van der Waals surface area contributed by atoms with E-state index in [0.29, 0.717) is 0 Å². The van der Waals surface area contributed by atoms with E-state index in [1.54, 1.807) is 6.07 Å². The zero-order valence-corrected chi connectivity index (χ0v) is 13.3. The van der Waals surface area contributed by atoms with Crippen LogP contribution in [-0.4, -0.2) is 23.5 Å². The van der Waals surface area contributed by atoms with Crippen LogP contribution in [0.15, 0.2) is 27.3 Å². The fraction of sp³-hybridized carbons (Fsp3) is 0.400. The summed E-state index contributed by atoms with van der Waals surface area (Å²) in [4.78, 5) is 23.4. The number of nitrogens with zero attached hydrogens (tertiary/aromatic N) is 1. The molecular formula is C15H20N4O4. The number of hydrazine groups is 1. The molecule has 0 aliphatic rings. The van der Waals surface area contributed by atoms with Crippen molar-refractivity contribution >= 4 is 11.8 Å². The first kappa shape index (κ1) is 16.8.